The van der Waals surface area contributed by atoms with Crippen LogP contribution in [0.2, 0.25) is 0 Å². The van der Waals surface area contributed by atoms with Crippen LogP contribution >= 0.6 is 0 Å². The first-order chi connectivity index (χ1) is 11.1. The third-order valence-electron chi connectivity index (χ3n) is 4.47. The molecule has 5 heteroatoms. The van der Waals surface area contributed by atoms with Gasteiger partial charge in [-0.15, -0.1) is 0 Å². The van der Waals surface area contributed by atoms with Gasteiger partial charge in [0, 0.05) is 6.54 Å². The molecule has 0 bridgehead atoms. The molecule has 0 aromatic heterocycles. The van der Waals surface area contributed by atoms with E-state index in [4.69, 9.17) is 9.84 Å². The number of carbonyl (C=O) groups is 2. The smallest absolute Gasteiger partial charge is 0.407 e. The fraction of sp³-hybridized carbons (Fsp3) is 0.556. The van der Waals surface area contributed by atoms with Crippen molar-refractivity contribution < 1.29 is 19.4 Å². The SMILES string of the molecule is O=C(NCCCC1CCC(C(=O)O)CC1)OCc1ccccc1. The van der Waals surface area contributed by atoms with Gasteiger partial charge in [-0.05, 0) is 50.0 Å². The monoisotopic (exact) mass is 319 g/mol. The third kappa shape index (κ3) is 6.30. The summed E-state index contributed by atoms with van der Waals surface area (Å²) in [5.41, 5.74) is 0.970. The summed E-state index contributed by atoms with van der Waals surface area (Å²) in [6, 6.07) is 9.58. The first kappa shape index (κ1) is 17.3. The molecule has 23 heavy (non-hydrogen) atoms. The average molecular weight is 319 g/mol. The van der Waals surface area contributed by atoms with Gasteiger partial charge in [-0.1, -0.05) is 30.3 Å². The minimum atomic E-state index is -0.661. The van der Waals surface area contributed by atoms with Gasteiger partial charge >= 0.3 is 12.1 Å². The Labute approximate surface area is 137 Å². The number of hydrogen-bond donors (Lipinski definition) is 2. The highest BCUT2D eigenvalue weighted by atomic mass is 16.5. The highest BCUT2D eigenvalue weighted by molar-refractivity contribution is 5.70. The second-order valence-corrected chi connectivity index (χ2v) is 6.19. The van der Waals surface area contributed by atoms with Gasteiger partial charge in [0.15, 0.2) is 0 Å². The molecule has 1 saturated carbocycles. The van der Waals surface area contributed by atoms with Crippen molar-refractivity contribution in [3.8, 4) is 0 Å². The lowest BCUT2D eigenvalue weighted by molar-refractivity contribution is -0.143. The minimum Gasteiger partial charge on any atom is -0.481 e. The molecular weight excluding hydrogens is 294 g/mol. The van der Waals surface area contributed by atoms with Crippen molar-refractivity contribution in [2.45, 2.75) is 45.1 Å². The first-order valence-corrected chi connectivity index (χ1v) is 8.32. The lowest BCUT2D eigenvalue weighted by Crippen LogP contribution is -2.26. The maximum absolute atomic E-state index is 11.6. The third-order valence-corrected chi connectivity index (χ3v) is 4.47. The lowest BCUT2D eigenvalue weighted by Gasteiger charge is -2.25. The summed E-state index contributed by atoms with van der Waals surface area (Å²) in [5.74, 6) is -0.226. The van der Waals surface area contributed by atoms with E-state index in [0.29, 0.717) is 12.5 Å². The molecule has 2 rings (SSSR count). The molecule has 0 radical (unpaired) electrons. The minimum absolute atomic E-state index is 0.155. The van der Waals surface area contributed by atoms with E-state index >= 15 is 0 Å². The van der Waals surface area contributed by atoms with Crippen molar-refractivity contribution in [1.29, 1.82) is 0 Å². The van der Waals surface area contributed by atoms with E-state index in [0.717, 1.165) is 44.1 Å². The summed E-state index contributed by atoms with van der Waals surface area (Å²) in [5, 5.41) is 11.7. The molecule has 2 N–H and O–H groups in total. The molecule has 0 heterocycles. The maximum Gasteiger partial charge on any atom is 0.407 e. The molecule has 0 spiro atoms. The summed E-state index contributed by atoms with van der Waals surface area (Å²) in [7, 11) is 0. The van der Waals surface area contributed by atoms with Gasteiger partial charge in [0.2, 0.25) is 0 Å². The Kier molecular flexibility index (Phi) is 6.91. The molecule has 0 atom stereocenters. The van der Waals surface area contributed by atoms with Crippen LogP contribution in [0.15, 0.2) is 30.3 Å². The van der Waals surface area contributed by atoms with Crippen LogP contribution in [-0.2, 0) is 16.1 Å². The summed E-state index contributed by atoms with van der Waals surface area (Å²) in [4.78, 5) is 22.5. The zero-order valence-electron chi connectivity index (χ0n) is 13.4. The second kappa shape index (κ2) is 9.18. The van der Waals surface area contributed by atoms with E-state index in [1.807, 2.05) is 30.3 Å². The Balaban J connectivity index is 1.52. The number of carbonyl (C=O) groups excluding carboxylic acids is 1. The van der Waals surface area contributed by atoms with Gasteiger partial charge in [-0.3, -0.25) is 4.79 Å². The van der Waals surface area contributed by atoms with Crippen molar-refractivity contribution in [1.82, 2.24) is 5.32 Å². The number of rotatable bonds is 7. The van der Waals surface area contributed by atoms with Crippen molar-refractivity contribution in [3.05, 3.63) is 35.9 Å². The average Bonchev–Trinajstić information content (AvgIpc) is 2.58. The van der Waals surface area contributed by atoms with E-state index in [1.54, 1.807) is 0 Å². The molecule has 126 valence electrons. The normalized spacial score (nSPS) is 20.7. The number of alkyl carbamates (subject to hydrolysis) is 1. The van der Waals surface area contributed by atoms with E-state index in [1.165, 1.54) is 0 Å². The molecule has 0 saturated heterocycles. The largest absolute Gasteiger partial charge is 0.481 e. The van der Waals surface area contributed by atoms with Crippen LogP contribution in [0.5, 0.6) is 0 Å². The number of nitrogens with one attached hydrogen (secondary N) is 1. The maximum atomic E-state index is 11.6. The zero-order valence-corrected chi connectivity index (χ0v) is 13.4. The van der Waals surface area contributed by atoms with Crippen molar-refractivity contribution in [2.24, 2.45) is 11.8 Å². The van der Waals surface area contributed by atoms with Gasteiger partial charge in [0.1, 0.15) is 6.61 Å². The van der Waals surface area contributed by atoms with Gasteiger partial charge < -0.3 is 15.2 Å². The van der Waals surface area contributed by atoms with Crippen LogP contribution in [0.4, 0.5) is 4.79 Å². The zero-order chi connectivity index (χ0) is 16.5. The predicted octanol–water partition coefficient (Wildman–Crippen LogP) is 3.58. The number of carboxylic acids is 1. The summed E-state index contributed by atoms with van der Waals surface area (Å²) >= 11 is 0. The summed E-state index contributed by atoms with van der Waals surface area (Å²) < 4.78 is 5.15. The van der Waals surface area contributed by atoms with Crippen LogP contribution in [-0.4, -0.2) is 23.7 Å². The fourth-order valence-electron chi connectivity index (χ4n) is 3.05. The highest BCUT2D eigenvalue weighted by Gasteiger charge is 2.25. The van der Waals surface area contributed by atoms with Gasteiger partial charge in [0.25, 0.3) is 0 Å². The highest BCUT2D eigenvalue weighted by Crippen LogP contribution is 2.31. The molecular formula is C18H25NO4. The molecule has 5 nitrogen and oxygen atoms in total. The van der Waals surface area contributed by atoms with E-state index < -0.39 is 5.97 Å². The van der Waals surface area contributed by atoms with Crippen LogP contribution in [0, 0.1) is 11.8 Å². The number of benzene rings is 1. The second-order valence-electron chi connectivity index (χ2n) is 6.19. The fourth-order valence-corrected chi connectivity index (χ4v) is 3.05. The number of carboxylic acid groups (broad SMARTS) is 1. The van der Waals surface area contributed by atoms with Crippen molar-refractivity contribution in [2.75, 3.05) is 6.54 Å². The Morgan fingerprint density at radius 3 is 2.48 bits per heavy atom. The van der Waals surface area contributed by atoms with Crippen LogP contribution in [0.25, 0.3) is 0 Å². The Hall–Kier alpha value is -2.04. The Morgan fingerprint density at radius 1 is 1.13 bits per heavy atom. The molecule has 1 aliphatic carbocycles. The number of aliphatic carboxylic acids is 1. The van der Waals surface area contributed by atoms with E-state index in [-0.39, 0.29) is 18.6 Å². The van der Waals surface area contributed by atoms with Crippen LogP contribution in [0.1, 0.15) is 44.1 Å². The molecule has 1 fully saturated rings. The molecule has 1 aliphatic rings. The summed E-state index contributed by atoms with van der Waals surface area (Å²) in [6.07, 6.45) is 5.08. The van der Waals surface area contributed by atoms with Crippen LogP contribution < -0.4 is 5.32 Å². The molecule has 0 unspecified atom stereocenters. The predicted molar refractivity (Wildman–Crippen MR) is 86.9 cm³/mol. The van der Waals surface area contributed by atoms with Gasteiger partial charge in [-0.25, -0.2) is 4.79 Å². The van der Waals surface area contributed by atoms with Gasteiger partial charge in [-0.2, -0.15) is 0 Å². The number of ether oxygens (including phenoxy) is 1. The van der Waals surface area contributed by atoms with Crippen molar-refractivity contribution >= 4 is 12.1 Å². The van der Waals surface area contributed by atoms with Crippen LogP contribution in [0.3, 0.4) is 0 Å². The van der Waals surface area contributed by atoms with E-state index in [9.17, 15) is 9.59 Å². The molecule has 1 aromatic carbocycles. The van der Waals surface area contributed by atoms with Gasteiger partial charge in [0.05, 0.1) is 5.92 Å². The van der Waals surface area contributed by atoms with Crippen molar-refractivity contribution in [3.63, 3.8) is 0 Å². The lowest BCUT2D eigenvalue weighted by atomic mass is 9.80. The summed E-state index contributed by atoms with van der Waals surface area (Å²) in [6.45, 7) is 0.887. The topological polar surface area (TPSA) is 75.6 Å². The Bertz CT molecular complexity index is 495. The quantitative estimate of drug-likeness (QED) is 0.753. The standard InChI is InChI=1S/C18H25NO4/c20-17(21)16-10-8-14(9-11-16)7-4-12-19-18(22)23-13-15-5-2-1-3-6-15/h1-3,5-6,14,16H,4,7-13H2,(H,19,22)(H,20,21). The van der Waals surface area contributed by atoms with E-state index in [2.05, 4.69) is 5.32 Å². The molecule has 0 aliphatic heterocycles. The molecule has 1 amide bonds. The number of amides is 1. The Morgan fingerprint density at radius 2 is 1.83 bits per heavy atom. The number of hydrogen-bond acceptors (Lipinski definition) is 3. The molecule has 1 aromatic rings. The first-order valence-electron chi connectivity index (χ1n) is 8.32.